The molecule has 2 aliphatic rings. The first kappa shape index (κ1) is 16.6. The van der Waals surface area contributed by atoms with Gasteiger partial charge in [-0.3, -0.25) is 4.79 Å². The Balaban J connectivity index is 2.06. The van der Waals surface area contributed by atoms with Crippen LogP contribution in [0.3, 0.4) is 0 Å². The quantitative estimate of drug-likeness (QED) is 0.838. The summed E-state index contributed by atoms with van der Waals surface area (Å²) in [6.45, 7) is 1.88. The predicted molar refractivity (Wildman–Crippen MR) is 74.8 cm³/mol. The number of carbonyl (C=O) groups is 1. The van der Waals surface area contributed by atoms with Crippen LogP contribution in [0.1, 0.15) is 51.9 Å². The number of alkyl halides is 3. The van der Waals surface area contributed by atoms with Gasteiger partial charge in [0, 0.05) is 12.6 Å². The standard InChI is InChI=1S/C15H25F3N2O/c1-2-12(11-6-4-3-5-7-11)20-13(21)14(15(16,17)18)8-9-19-10-14/h11-12,19H,2-10H2,1H3,(H,20,21). The molecule has 1 aliphatic carbocycles. The number of halogens is 3. The fourth-order valence-corrected chi connectivity index (χ4v) is 3.65. The van der Waals surface area contributed by atoms with Crippen LogP contribution in [0.5, 0.6) is 0 Å². The summed E-state index contributed by atoms with van der Waals surface area (Å²) >= 11 is 0. The molecule has 21 heavy (non-hydrogen) atoms. The van der Waals surface area contributed by atoms with Gasteiger partial charge in [0.1, 0.15) is 0 Å². The van der Waals surface area contributed by atoms with E-state index < -0.39 is 17.5 Å². The first-order chi connectivity index (χ1) is 9.90. The molecule has 2 rings (SSSR count). The Morgan fingerprint density at radius 1 is 1.33 bits per heavy atom. The second-order valence-corrected chi connectivity index (χ2v) is 6.39. The van der Waals surface area contributed by atoms with Gasteiger partial charge in [0.25, 0.3) is 0 Å². The van der Waals surface area contributed by atoms with Crippen LogP contribution in [0, 0.1) is 11.3 Å². The van der Waals surface area contributed by atoms with Gasteiger partial charge in [-0.2, -0.15) is 13.2 Å². The summed E-state index contributed by atoms with van der Waals surface area (Å²) in [5, 5.41) is 5.42. The van der Waals surface area contributed by atoms with Crippen molar-refractivity contribution in [3.05, 3.63) is 0 Å². The van der Waals surface area contributed by atoms with Crippen molar-refractivity contribution in [2.24, 2.45) is 11.3 Å². The Labute approximate surface area is 124 Å². The van der Waals surface area contributed by atoms with E-state index in [0.29, 0.717) is 12.3 Å². The lowest BCUT2D eigenvalue weighted by atomic mass is 9.81. The van der Waals surface area contributed by atoms with Gasteiger partial charge in [-0.05, 0) is 38.1 Å². The van der Waals surface area contributed by atoms with Gasteiger partial charge in [0.2, 0.25) is 5.91 Å². The van der Waals surface area contributed by atoms with Gasteiger partial charge < -0.3 is 10.6 Å². The number of amides is 1. The molecule has 2 fully saturated rings. The Kier molecular flexibility index (Phi) is 5.17. The van der Waals surface area contributed by atoms with Gasteiger partial charge in [0.15, 0.2) is 5.41 Å². The van der Waals surface area contributed by atoms with E-state index in [1.54, 1.807) is 0 Å². The van der Waals surface area contributed by atoms with Crippen LogP contribution in [0.4, 0.5) is 13.2 Å². The van der Waals surface area contributed by atoms with E-state index in [1.807, 2.05) is 6.92 Å². The molecule has 1 saturated heterocycles. The maximum atomic E-state index is 13.4. The second kappa shape index (κ2) is 6.55. The summed E-state index contributed by atoms with van der Waals surface area (Å²) in [5.74, 6) is -0.509. The summed E-state index contributed by atoms with van der Waals surface area (Å²) in [6, 6.07) is -0.127. The molecule has 122 valence electrons. The van der Waals surface area contributed by atoms with Gasteiger partial charge >= 0.3 is 6.18 Å². The Morgan fingerprint density at radius 3 is 2.48 bits per heavy atom. The van der Waals surface area contributed by atoms with Crippen LogP contribution in [0.15, 0.2) is 0 Å². The Bertz CT molecular complexity index is 358. The number of carbonyl (C=O) groups excluding carboxylic acids is 1. The zero-order chi connectivity index (χ0) is 15.5. The first-order valence-corrected chi connectivity index (χ1v) is 7.99. The maximum Gasteiger partial charge on any atom is 0.404 e. The van der Waals surface area contributed by atoms with Crippen molar-refractivity contribution in [1.82, 2.24) is 10.6 Å². The van der Waals surface area contributed by atoms with Crippen molar-refractivity contribution >= 4 is 5.91 Å². The molecule has 0 radical (unpaired) electrons. The normalized spacial score (nSPS) is 29.3. The van der Waals surface area contributed by atoms with Crippen molar-refractivity contribution in [3.63, 3.8) is 0 Å². The lowest BCUT2D eigenvalue weighted by molar-refractivity contribution is -0.216. The summed E-state index contributed by atoms with van der Waals surface area (Å²) in [6.07, 6.45) is 1.47. The lowest BCUT2D eigenvalue weighted by Crippen LogP contribution is -2.55. The smallest absolute Gasteiger partial charge is 0.352 e. The molecule has 3 nitrogen and oxygen atoms in total. The molecular weight excluding hydrogens is 281 g/mol. The summed E-state index contributed by atoms with van der Waals surface area (Å²) in [7, 11) is 0. The van der Waals surface area contributed by atoms with E-state index >= 15 is 0 Å². The van der Waals surface area contributed by atoms with E-state index in [4.69, 9.17) is 0 Å². The third kappa shape index (κ3) is 3.35. The second-order valence-electron chi connectivity index (χ2n) is 6.39. The number of hydrogen-bond acceptors (Lipinski definition) is 2. The van der Waals surface area contributed by atoms with Crippen molar-refractivity contribution in [2.45, 2.75) is 64.1 Å². The highest BCUT2D eigenvalue weighted by atomic mass is 19.4. The third-order valence-corrected chi connectivity index (χ3v) is 5.11. The van der Waals surface area contributed by atoms with Crippen molar-refractivity contribution in [3.8, 4) is 0 Å². The molecule has 6 heteroatoms. The molecule has 1 amide bonds. The molecule has 0 aromatic heterocycles. The maximum absolute atomic E-state index is 13.4. The van der Waals surface area contributed by atoms with Crippen LogP contribution in [-0.4, -0.2) is 31.2 Å². The highest BCUT2D eigenvalue weighted by Gasteiger charge is 2.61. The van der Waals surface area contributed by atoms with E-state index in [9.17, 15) is 18.0 Å². The average Bonchev–Trinajstić information content (AvgIpc) is 2.96. The molecular formula is C15H25F3N2O. The van der Waals surface area contributed by atoms with E-state index in [1.165, 1.54) is 6.42 Å². The highest BCUT2D eigenvalue weighted by molar-refractivity contribution is 5.84. The zero-order valence-electron chi connectivity index (χ0n) is 12.6. The van der Waals surface area contributed by atoms with Crippen LogP contribution in [0.2, 0.25) is 0 Å². The fraction of sp³-hybridized carbons (Fsp3) is 0.933. The molecule has 0 aromatic carbocycles. The number of hydrogen-bond donors (Lipinski definition) is 2. The average molecular weight is 306 g/mol. The predicted octanol–water partition coefficient (Wildman–Crippen LogP) is 3.00. The molecule has 1 saturated carbocycles. The van der Waals surface area contributed by atoms with Gasteiger partial charge in [-0.15, -0.1) is 0 Å². The first-order valence-electron chi connectivity index (χ1n) is 7.99. The number of nitrogens with one attached hydrogen (secondary N) is 2. The van der Waals surface area contributed by atoms with Gasteiger partial charge in [0.05, 0.1) is 0 Å². The van der Waals surface area contributed by atoms with Crippen LogP contribution in [0.25, 0.3) is 0 Å². The Hall–Kier alpha value is -0.780. The lowest BCUT2D eigenvalue weighted by Gasteiger charge is -2.35. The van der Waals surface area contributed by atoms with E-state index in [0.717, 1.165) is 25.7 Å². The van der Waals surface area contributed by atoms with Crippen LogP contribution < -0.4 is 10.6 Å². The Morgan fingerprint density at radius 2 is 2.00 bits per heavy atom. The minimum absolute atomic E-state index is 0.127. The van der Waals surface area contributed by atoms with Crippen LogP contribution >= 0.6 is 0 Å². The van der Waals surface area contributed by atoms with Crippen molar-refractivity contribution in [2.75, 3.05) is 13.1 Å². The fourth-order valence-electron chi connectivity index (χ4n) is 3.65. The van der Waals surface area contributed by atoms with E-state index in [-0.39, 0.29) is 25.6 Å². The van der Waals surface area contributed by atoms with Crippen molar-refractivity contribution < 1.29 is 18.0 Å². The van der Waals surface area contributed by atoms with Crippen molar-refractivity contribution in [1.29, 1.82) is 0 Å². The minimum Gasteiger partial charge on any atom is -0.352 e. The third-order valence-electron chi connectivity index (χ3n) is 5.11. The van der Waals surface area contributed by atoms with Gasteiger partial charge in [-0.25, -0.2) is 0 Å². The molecule has 1 heterocycles. The van der Waals surface area contributed by atoms with Gasteiger partial charge in [-0.1, -0.05) is 26.2 Å². The molecule has 0 bridgehead atoms. The minimum atomic E-state index is -4.49. The summed E-state index contributed by atoms with van der Waals surface area (Å²) in [5.41, 5.74) is -2.24. The molecule has 1 aliphatic heterocycles. The topological polar surface area (TPSA) is 41.1 Å². The monoisotopic (exact) mass is 306 g/mol. The molecule has 2 N–H and O–H groups in total. The number of rotatable bonds is 4. The summed E-state index contributed by atoms with van der Waals surface area (Å²) in [4.78, 5) is 12.4. The molecule has 0 spiro atoms. The summed E-state index contributed by atoms with van der Waals surface area (Å²) < 4.78 is 40.1. The van der Waals surface area contributed by atoms with Crippen LogP contribution in [-0.2, 0) is 4.79 Å². The van der Waals surface area contributed by atoms with E-state index in [2.05, 4.69) is 10.6 Å². The SMILES string of the molecule is CCC(NC(=O)C1(C(F)(F)F)CCNC1)C1CCCCC1. The molecule has 2 unspecified atom stereocenters. The zero-order valence-corrected chi connectivity index (χ0v) is 12.6. The largest absolute Gasteiger partial charge is 0.404 e. The highest BCUT2D eigenvalue weighted by Crippen LogP contribution is 2.43. The molecule has 0 aromatic rings. The molecule has 2 atom stereocenters.